The molecule has 0 bridgehead atoms. The number of unbranched alkanes of at least 4 members (excludes halogenated alkanes) is 30. The van der Waals surface area contributed by atoms with Crippen LogP contribution in [0.25, 0.3) is 0 Å². The van der Waals surface area contributed by atoms with Gasteiger partial charge in [-0.3, -0.25) is 4.99 Å². The van der Waals surface area contributed by atoms with E-state index in [1.54, 1.807) is 0 Å². The summed E-state index contributed by atoms with van der Waals surface area (Å²) in [6.07, 6.45) is 52.9. The number of rotatable bonds is 43. The minimum absolute atomic E-state index is 0. The van der Waals surface area contributed by atoms with Crippen LogP contribution in [0, 0.1) is 11.8 Å². The maximum Gasteiger partial charge on any atom is 0.135 e. The fourth-order valence-corrected chi connectivity index (χ4v) is 9.34. The first-order valence-electron chi connectivity index (χ1n) is 29.0. The largest absolute Gasteiger partial charge is 0.250 e. The molecule has 0 saturated heterocycles. The van der Waals surface area contributed by atoms with Crippen molar-refractivity contribution in [1.82, 2.24) is 0 Å². The predicted octanol–water partition coefficient (Wildman–Crippen LogP) is 21.3. The molecule has 2 aromatic carbocycles. The number of hydrogen-bond donors (Lipinski definition) is 0. The van der Waals surface area contributed by atoms with Crippen molar-refractivity contribution in [3.63, 3.8) is 0 Å². The van der Waals surface area contributed by atoms with Gasteiger partial charge in [-0.25, -0.2) is 4.99 Å². The molecule has 0 unspecified atom stereocenters. The molecule has 3 heteroatoms. The molecule has 2 aromatic rings. The van der Waals surface area contributed by atoms with Crippen LogP contribution in [0.4, 0.5) is 11.4 Å². The summed E-state index contributed by atoms with van der Waals surface area (Å²) in [4.78, 5) is 11.2. The van der Waals surface area contributed by atoms with Gasteiger partial charge in [-0.15, -0.1) is 0 Å². The molecule has 0 radical (unpaired) electrons. The summed E-state index contributed by atoms with van der Waals surface area (Å²) < 4.78 is 0. The monoisotopic (exact) mass is 949 g/mol. The molecular weight excluding hydrogens is 843 g/mol. The van der Waals surface area contributed by atoms with Crippen molar-refractivity contribution in [2.75, 3.05) is 0 Å². The van der Waals surface area contributed by atoms with E-state index in [9.17, 15) is 0 Å². The minimum atomic E-state index is 0. The molecular formula is C63H106N2Ni. The molecule has 378 valence electrons. The Morgan fingerprint density at radius 3 is 0.970 bits per heavy atom. The van der Waals surface area contributed by atoms with Crippen molar-refractivity contribution in [3.8, 4) is 11.8 Å². The zero-order valence-corrected chi connectivity index (χ0v) is 45.7. The van der Waals surface area contributed by atoms with Crippen molar-refractivity contribution < 1.29 is 16.5 Å². The average Bonchev–Trinajstić information content (AvgIpc) is 3.30. The molecule has 0 aromatic heterocycles. The van der Waals surface area contributed by atoms with E-state index in [0.717, 1.165) is 67.7 Å². The standard InChI is InChI=1S/C63H106N2.Ni/c1-7-13-19-21-23-24-25-26-27-28-29-30-31-32-33-34-35-37-43-49-63(65-61-54-58(46-40-17-11-5)51-59(55-61)47-41-18-12-6)62(48-42-36-22-20-14-8-2)64-60-52-56(44-38-15-9-3)50-57(53-60)45-39-16-10-4;/h50-55H,7-42,44-48H2,1-6H3;/b64-62+,65-63+;. The summed E-state index contributed by atoms with van der Waals surface area (Å²) in [6.45, 7) is 13.9. The Hall–Kier alpha value is -2.17. The van der Waals surface area contributed by atoms with Gasteiger partial charge < -0.3 is 0 Å². The molecule has 0 spiro atoms. The number of aliphatic imine (C=N–C) groups is 2. The van der Waals surface area contributed by atoms with Crippen LogP contribution in [-0.2, 0) is 42.2 Å². The van der Waals surface area contributed by atoms with Gasteiger partial charge >= 0.3 is 0 Å². The Morgan fingerprint density at radius 2 is 0.621 bits per heavy atom. The van der Waals surface area contributed by atoms with Gasteiger partial charge in [0.2, 0.25) is 0 Å². The topological polar surface area (TPSA) is 24.7 Å². The van der Waals surface area contributed by atoms with Gasteiger partial charge in [0.25, 0.3) is 0 Å². The molecule has 0 aliphatic rings. The van der Waals surface area contributed by atoms with Crippen LogP contribution in [0.2, 0.25) is 0 Å². The van der Waals surface area contributed by atoms with Gasteiger partial charge in [0.1, 0.15) is 5.71 Å². The molecule has 0 aliphatic heterocycles. The summed E-state index contributed by atoms with van der Waals surface area (Å²) >= 11 is 0. The van der Waals surface area contributed by atoms with Crippen LogP contribution in [0.1, 0.15) is 301 Å². The predicted molar refractivity (Wildman–Crippen MR) is 295 cm³/mol. The van der Waals surface area contributed by atoms with Crippen molar-refractivity contribution >= 4 is 22.8 Å². The Balaban J connectivity index is 0.0000218. The number of hydrogen-bond acceptors (Lipinski definition) is 2. The Morgan fingerprint density at radius 1 is 0.333 bits per heavy atom. The van der Waals surface area contributed by atoms with Crippen molar-refractivity contribution in [3.05, 3.63) is 58.7 Å². The van der Waals surface area contributed by atoms with Crippen molar-refractivity contribution in [2.45, 2.75) is 305 Å². The zero-order valence-electron chi connectivity index (χ0n) is 44.7. The second-order valence-electron chi connectivity index (χ2n) is 20.1. The summed E-state index contributed by atoms with van der Waals surface area (Å²) in [6, 6.07) is 14.5. The van der Waals surface area contributed by atoms with Gasteiger partial charge in [0.05, 0.1) is 17.1 Å². The molecule has 0 amide bonds. The first-order chi connectivity index (χ1) is 32.1. The smallest absolute Gasteiger partial charge is 0.135 e. The third kappa shape index (κ3) is 33.4. The van der Waals surface area contributed by atoms with Gasteiger partial charge in [-0.2, -0.15) is 0 Å². The van der Waals surface area contributed by atoms with Crippen LogP contribution in [0.5, 0.6) is 0 Å². The molecule has 2 rings (SSSR count). The second-order valence-corrected chi connectivity index (χ2v) is 20.1. The molecule has 66 heavy (non-hydrogen) atoms. The van der Waals surface area contributed by atoms with Crippen molar-refractivity contribution in [1.29, 1.82) is 0 Å². The van der Waals surface area contributed by atoms with Crippen LogP contribution in [-0.4, -0.2) is 11.4 Å². The van der Waals surface area contributed by atoms with Gasteiger partial charge in [-0.05, 0) is 123 Å². The van der Waals surface area contributed by atoms with Crippen LogP contribution < -0.4 is 0 Å². The van der Waals surface area contributed by atoms with Gasteiger partial charge in [-0.1, -0.05) is 246 Å². The Kier molecular flexibility index (Phi) is 42.4. The molecule has 0 atom stereocenters. The SMILES string of the molecule is CCCCCCCCCCCCCCCCCCCC#CC(=N\c1cc(CCCCC)cc(CCCCC)c1)/C(CCCCCCCC)=N/c1cc(CCCCC)cc(CCCCC)c1.[Ni]. The third-order valence-corrected chi connectivity index (χ3v) is 13.5. The maximum atomic E-state index is 5.62. The van der Waals surface area contributed by atoms with Gasteiger partial charge in [0.15, 0.2) is 0 Å². The molecule has 0 saturated carbocycles. The molecule has 0 N–H and O–H groups in total. The van der Waals surface area contributed by atoms with E-state index in [1.807, 2.05) is 0 Å². The normalized spacial score (nSPS) is 11.8. The van der Waals surface area contributed by atoms with E-state index in [0.29, 0.717) is 0 Å². The molecule has 0 aliphatic carbocycles. The van der Waals surface area contributed by atoms with E-state index >= 15 is 0 Å². The quantitative estimate of drug-likeness (QED) is 0.0274. The summed E-state index contributed by atoms with van der Waals surface area (Å²) in [5.41, 5.74) is 9.99. The summed E-state index contributed by atoms with van der Waals surface area (Å²) in [5.74, 6) is 7.42. The van der Waals surface area contributed by atoms with Crippen LogP contribution in [0.3, 0.4) is 0 Å². The maximum absolute atomic E-state index is 5.62. The Labute approximate surface area is 422 Å². The third-order valence-electron chi connectivity index (χ3n) is 13.5. The van der Waals surface area contributed by atoms with E-state index in [2.05, 4.69) is 89.8 Å². The fourth-order valence-electron chi connectivity index (χ4n) is 9.34. The van der Waals surface area contributed by atoms with E-state index in [4.69, 9.17) is 9.98 Å². The zero-order chi connectivity index (χ0) is 46.7. The van der Waals surface area contributed by atoms with Crippen LogP contribution >= 0.6 is 0 Å². The van der Waals surface area contributed by atoms with Crippen molar-refractivity contribution in [2.24, 2.45) is 9.98 Å². The number of aryl methyl sites for hydroxylation is 4. The number of nitrogens with zero attached hydrogens (tertiary/aromatic N) is 2. The minimum Gasteiger partial charge on any atom is -0.250 e. The molecule has 0 fully saturated rings. The molecule has 0 heterocycles. The average molecular weight is 950 g/mol. The second kappa shape index (κ2) is 45.3. The van der Waals surface area contributed by atoms with E-state index < -0.39 is 0 Å². The number of benzene rings is 2. The van der Waals surface area contributed by atoms with E-state index in [-0.39, 0.29) is 16.5 Å². The van der Waals surface area contributed by atoms with Gasteiger partial charge in [0, 0.05) is 22.9 Å². The van der Waals surface area contributed by atoms with E-state index in [1.165, 1.54) is 241 Å². The summed E-state index contributed by atoms with van der Waals surface area (Å²) in [5, 5.41) is 0. The fraction of sp³-hybridized carbons (Fsp3) is 0.746. The Bertz CT molecular complexity index is 1480. The summed E-state index contributed by atoms with van der Waals surface area (Å²) in [7, 11) is 0. The molecule has 2 nitrogen and oxygen atoms in total. The first kappa shape index (κ1) is 61.8. The van der Waals surface area contributed by atoms with Crippen LogP contribution in [0.15, 0.2) is 46.4 Å². The first-order valence-corrected chi connectivity index (χ1v) is 29.0.